The molecule has 0 heterocycles. The highest BCUT2D eigenvalue weighted by atomic mass is 16.5. The molecule has 20 heavy (non-hydrogen) atoms. The Morgan fingerprint density at radius 2 is 1.60 bits per heavy atom. The van der Waals surface area contributed by atoms with Gasteiger partial charge in [0.2, 0.25) is 11.6 Å². The summed E-state index contributed by atoms with van der Waals surface area (Å²) < 4.78 is 5.00. The van der Waals surface area contributed by atoms with Crippen molar-refractivity contribution < 1.29 is 14.3 Å². The highest BCUT2D eigenvalue weighted by Crippen LogP contribution is 2.12. The van der Waals surface area contributed by atoms with Gasteiger partial charge in [-0.15, -0.1) is 0 Å². The van der Waals surface area contributed by atoms with Gasteiger partial charge < -0.3 is 4.74 Å². The Hall–Kier alpha value is -2.68. The number of hydrogen-bond acceptors (Lipinski definition) is 3. The van der Waals surface area contributed by atoms with Crippen molar-refractivity contribution >= 4 is 17.6 Å². The normalized spacial score (nSPS) is 10.4. The second kappa shape index (κ2) is 6.48. The number of allylic oxidation sites excluding steroid dienone is 1. The molecule has 0 radical (unpaired) electrons. The quantitative estimate of drug-likeness (QED) is 0.474. The van der Waals surface area contributed by atoms with E-state index in [-0.39, 0.29) is 0 Å². The number of methoxy groups -OCH3 is 1. The molecule has 0 aliphatic rings. The molecule has 0 aliphatic heterocycles. The molecule has 3 heteroatoms. The Morgan fingerprint density at radius 1 is 0.950 bits per heavy atom. The molecule has 0 amide bonds. The van der Waals surface area contributed by atoms with Gasteiger partial charge >= 0.3 is 0 Å². The Balaban J connectivity index is 2.08. The van der Waals surface area contributed by atoms with Gasteiger partial charge in [0.15, 0.2) is 0 Å². The van der Waals surface area contributed by atoms with E-state index in [2.05, 4.69) is 0 Å². The number of carbonyl (C=O) groups excluding carboxylic acids is 2. The van der Waals surface area contributed by atoms with Crippen molar-refractivity contribution in [2.24, 2.45) is 0 Å². The van der Waals surface area contributed by atoms with Gasteiger partial charge in [-0.3, -0.25) is 9.59 Å². The van der Waals surface area contributed by atoms with E-state index < -0.39 is 11.6 Å². The average Bonchev–Trinajstić information content (AvgIpc) is 2.53. The lowest BCUT2D eigenvalue weighted by molar-refractivity contribution is -0.110. The Morgan fingerprint density at radius 3 is 2.20 bits per heavy atom. The van der Waals surface area contributed by atoms with Crippen LogP contribution in [0.15, 0.2) is 60.7 Å². The molecular formula is C17H14O3. The standard InChI is InChI=1S/C17H14O3/c1-20-15-10-8-14(9-11-15)17(19)16(18)12-7-13-5-3-2-4-6-13/h2-12H,1H3/b12-7+. The second-order valence-corrected chi connectivity index (χ2v) is 4.17. The second-order valence-electron chi connectivity index (χ2n) is 4.17. The molecule has 0 atom stereocenters. The third-order valence-corrected chi connectivity index (χ3v) is 2.80. The maximum absolute atomic E-state index is 11.9. The van der Waals surface area contributed by atoms with E-state index >= 15 is 0 Å². The lowest BCUT2D eigenvalue weighted by atomic mass is 10.1. The van der Waals surface area contributed by atoms with Crippen LogP contribution in [-0.2, 0) is 4.79 Å². The first kappa shape index (κ1) is 13.7. The lowest BCUT2D eigenvalue weighted by Gasteiger charge is -2.00. The Bertz CT molecular complexity index is 625. The van der Waals surface area contributed by atoms with Crippen LogP contribution >= 0.6 is 0 Å². The van der Waals surface area contributed by atoms with Gasteiger partial charge in [-0.05, 0) is 35.9 Å². The van der Waals surface area contributed by atoms with Gasteiger partial charge in [0, 0.05) is 5.56 Å². The van der Waals surface area contributed by atoms with Gasteiger partial charge in [0.1, 0.15) is 5.75 Å². The highest BCUT2D eigenvalue weighted by Gasteiger charge is 2.12. The summed E-state index contributed by atoms with van der Waals surface area (Å²) in [6.45, 7) is 0. The summed E-state index contributed by atoms with van der Waals surface area (Å²) in [6.07, 6.45) is 2.92. The van der Waals surface area contributed by atoms with Crippen LogP contribution in [0.4, 0.5) is 0 Å². The first-order chi connectivity index (χ1) is 9.70. The molecule has 0 aromatic heterocycles. The molecule has 0 unspecified atom stereocenters. The molecule has 100 valence electrons. The third-order valence-electron chi connectivity index (χ3n) is 2.80. The number of rotatable bonds is 5. The van der Waals surface area contributed by atoms with E-state index in [9.17, 15) is 9.59 Å². The van der Waals surface area contributed by atoms with Crippen molar-refractivity contribution in [1.82, 2.24) is 0 Å². The van der Waals surface area contributed by atoms with E-state index in [1.54, 1.807) is 37.5 Å². The number of Topliss-reactive ketones (excluding diaryl/α,β-unsaturated/α-hetero) is 1. The molecule has 0 saturated carbocycles. The first-order valence-corrected chi connectivity index (χ1v) is 6.16. The SMILES string of the molecule is COc1ccc(C(=O)C(=O)/C=C/c2ccccc2)cc1. The monoisotopic (exact) mass is 266 g/mol. The van der Waals surface area contributed by atoms with Gasteiger partial charge in [-0.25, -0.2) is 0 Å². The predicted molar refractivity (Wildman–Crippen MR) is 77.8 cm³/mol. The summed E-state index contributed by atoms with van der Waals surface area (Å²) in [4.78, 5) is 23.7. The van der Waals surface area contributed by atoms with Crippen LogP contribution in [0.2, 0.25) is 0 Å². The summed E-state index contributed by atoms with van der Waals surface area (Å²) in [5.41, 5.74) is 1.23. The van der Waals surface area contributed by atoms with Crippen molar-refractivity contribution in [3.8, 4) is 5.75 Å². The molecule has 0 aliphatic carbocycles. The Kier molecular flexibility index (Phi) is 4.45. The summed E-state index contributed by atoms with van der Waals surface area (Å²) >= 11 is 0. The van der Waals surface area contributed by atoms with Crippen molar-refractivity contribution in [2.45, 2.75) is 0 Å². The van der Waals surface area contributed by atoms with Crippen LogP contribution in [0.5, 0.6) is 5.75 Å². The van der Waals surface area contributed by atoms with Gasteiger partial charge in [0.05, 0.1) is 7.11 Å². The number of hydrogen-bond donors (Lipinski definition) is 0. The van der Waals surface area contributed by atoms with Crippen molar-refractivity contribution in [1.29, 1.82) is 0 Å². The molecule has 0 spiro atoms. The topological polar surface area (TPSA) is 43.4 Å². The molecule has 0 saturated heterocycles. The maximum atomic E-state index is 11.9. The fourth-order valence-corrected chi connectivity index (χ4v) is 1.70. The van der Waals surface area contributed by atoms with Crippen molar-refractivity contribution in [3.63, 3.8) is 0 Å². The van der Waals surface area contributed by atoms with E-state index in [1.165, 1.54) is 6.08 Å². The molecule has 0 N–H and O–H groups in total. The average molecular weight is 266 g/mol. The molecule has 3 nitrogen and oxygen atoms in total. The zero-order valence-electron chi connectivity index (χ0n) is 11.1. The minimum atomic E-state index is -0.543. The lowest BCUT2D eigenvalue weighted by Crippen LogP contribution is -2.10. The number of benzene rings is 2. The molecule has 2 aromatic carbocycles. The molecule has 0 bridgehead atoms. The molecule has 2 rings (SSSR count). The molecule has 0 fully saturated rings. The van der Waals surface area contributed by atoms with Gasteiger partial charge in [0.25, 0.3) is 0 Å². The van der Waals surface area contributed by atoms with Crippen LogP contribution < -0.4 is 4.74 Å². The number of ether oxygens (including phenoxy) is 1. The third kappa shape index (κ3) is 3.42. The molecular weight excluding hydrogens is 252 g/mol. The fraction of sp³-hybridized carbons (Fsp3) is 0.0588. The van der Waals surface area contributed by atoms with Gasteiger partial charge in [-0.2, -0.15) is 0 Å². The van der Waals surface area contributed by atoms with E-state index in [1.807, 2.05) is 30.3 Å². The van der Waals surface area contributed by atoms with Gasteiger partial charge in [-0.1, -0.05) is 36.4 Å². The van der Waals surface area contributed by atoms with Crippen LogP contribution in [0.25, 0.3) is 6.08 Å². The summed E-state index contributed by atoms with van der Waals surface area (Å²) in [6, 6.07) is 15.8. The van der Waals surface area contributed by atoms with Crippen LogP contribution in [0.1, 0.15) is 15.9 Å². The van der Waals surface area contributed by atoms with Crippen molar-refractivity contribution in [3.05, 3.63) is 71.8 Å². The highest BCUT2D eigenvalue weighted by molar-refractivity contribution is 6.48. The Labute approximate surface area is 117 Å². The number of carbonyl (C=O) groups is 2. The zero-order valence-corrected chi connectivity index (χ0v) is 11.1. The minimum absolute atomic E-state index is 0.355. The zero-order chi connectivity index (χ0) is 14.4. The maximum Gasteiger partial charge on any atom is 0.232 e. The summed E-state index contributed by atoms with van der Waals surface area (Å²) in [5.74, 6) is -0.423. The smallest absolute Gasteiger partial charge is 0.232 e. The first-order valence-electron chi connectivity index (χ1n) is 6.16. The summed E-state index contributed by atoms with van der Waals surface area (Å²) in [5, 5.41) is 0. The van der Waals surface area contributed by atoms with Crippen LogP contribution in [0.3, 0.4) is 0 Å². The minimum Gasteiger partial charge on any atom is -0.497 e. The fourth-order valence-electron chi connectivity index (χ4n) is 1.70. The van der Waals surface area contributed by atoms with Crippen LogP contribution in [-0.4, -0.2) is 18.7 Å². The van der Waals surface area contributed by atoms with E-state index in [0.717, 1.165) is 5.56 Å². The predicted octanol–water partition coefficient (Wildman–Crippen LogP) is 3.16. The van der Waals surface area contributed by atoms with E-state index in [0.29, 0.717) is 11.3 Å². The largest absolute Gasteiger partial charge is 0.497 e. The van der Waals surface area contributed by atoms with Crippen LogP contribution in [0, 0.1) is 0 Å². The van der Waals surface area contributed by atoms with E-state index in [4.69, 9.17) is 4.74 Å². The summed E-state index contributed by atoms with van der Waals surface area (Å²) in [7, 11) is 1.55. The van der Waals surface area contributed by atoms with Crippen molar-refractivity contribution in [2.75, 3.05) is 7.11 Å². The number of ketones is 2. The molecule has 2 aromatic rings.